The molecule has 0 spiro atoms. The molecule has 0 bridgehead atoms. The molecule has 0 fully saturated rings. The fourth-order valence-electron chi connectivity index (χ4n) is 1.24. The van der Waals surface area contributed by atoms with E-state index in [0.29, 0.717) is 12.3 Å². The Bertz CT molecular complexity index is 421. The molecule has 1 amide bonds. The SMILES string of the molecule is CCC(C)(CCl)NC(=O)c1cccc(F)c1Br. The van der Waals surface area contributed by atoms with Crippen molar-refractivity contribution < 1.29 is 9.18 Å². The van der Waals surface area contributed by atoms with Crippen LogP contribution in [-0.4, -0.2) is 17.3 Å². The topological polar surface area (TPSA) is 29.1 Å². The van der Waals surface area contributed by atoms with Gasteiger partial charge in [-0.3, -0.25) is 4.79 Å². The van der Waals surface area contributed by atoms with Crippen LogP contribution in [0.15, 0.2) is 22.7 Å². The first-order valence-corrected chi connectivity index (χ1v) is 6.59. The molecular formula is C12H14BrClFNO. The van der Waals surface area contributed by atoms with Gasteiger partial charge in [-0.15, -0.1) is 11.6 Å². The predicted molar refractivity (Wildman–Crippen MR) is 71.0 cm³/mol. The number of rotatable bonds is 4. The molecule has 0 saturated carbocycles. The summed E-state index contributed by atoms with van der Waals surface area (Å²) in [4.78, 5) is 12.0. The van der Waals surface area contributed by atoms with E-state index in [1.165, 1.54) is 12.1 Å². The van der Waals surface area contributed by atoms with E-state index in [2.05, 4.69) is 21.2 Å². The van der Waals surface area contributed by atoms with Gasteiger partial charge < -0.3 is 5.32 Å². The number of carbonyl (C=O) groups is 1. The van der Waals surface area contributed by atoms with Crippen molar-refractivity contribution in [3.63, 3.8) is 0 Å². The van der Waals surface area contributed by atoms with E-state index >= 15 is 0 Å². The maximum atomic E-state index is 13.3. The van der Waals surface area contributed by atoms with Gasteiger partial charge in [0.05, 0.1) is 15.6 Å². The van der Waals surface area contributed by atoms with Crippen molar-refractivity contribution in [1.29, 1.82) is 0 Å². The molecular weight excluding hydrogens is 308 g/mol. The number of benzene rings is 1. The lowest BCUT2D eigenvalue weighted by atomic mass is 10.0. The largest absolute Gasteiger partial charge is 0.346 e. The summed E-state index contributed by atoms with van der Waals surface area (Å²) >= 11 is 8.87. The second-order valence-electron chi connectivity index (χ2n) is 4.10. The van der Waals surface area contributed by atoms with Crippen LogP contribution in [0.2, 0.25) is 0 Å². The second kappa shape index (κ2) is 5.83. The van der Waals surface area contributed by atoms with Gasteiger partial charge in [0.1, 0.15) is 5.82 Å². The van der Waals surface area contributed by atoms with Crippen LogP contribution in [0.1, 0.15) is 30.6 Å². The maximum Gasteiger partial charge on any atom is 0.252 e. The highest BCUT2D eigenvalue weighted by Crippen LogP contribution is 2.21. The number of halogens is 3. The first-order valence-electron chi connectivity index (χ1n) is 5.26. The zero-order chi connectivity index (χ0) is 13.1. The summed E-state index contributed by atoms with van der Waals surface area (Å²) in [7, 11) is 0. The van der Waals surface area contributed by atoms with Crippen molar-refractivity contribution in [2.24, 2.45) is 0 Å². The number of hydrogen-bond donors (Lipinski definition) is 1. The third kappa shape index (κ3) is 3.42. The highest BCUT2D eigenvalue weighted by Gasteiger charge is 2.25. The van der Waals surface area contributed by atoms with E-state index in [4.69, 9.17) is 11.6 Å². The highest BCUT2D eigenvalue weighted by molar-refractivity contribution is 9.10. The molecule has 1 rings (SSSR count). The zero-order valence-electron chi connectivity index (χ0n) is 9.69. The number of hydrogen-bond acceptors (Lipinski definition) is 1. The van der Waals surface area contributed by atoms with Crippen LogP contribution in [-0.2, 0) is 0 Å². The Balaban J connectivity index is 2.94. The smallest absolute Gasteiger partial charge is 0.252 e. The van der Waals surface area contributed by atoms with Crippen LogP contribution >= 0.6 is 27.5 Å². The van der Waals surface area contributed by atoms with Gasteiger partial charge in [-0.2, -0.15) is 0 Å². The predicted octanol–water partition coefficient (Wildman–Crippen LogP) is 3.73. The minimum Gasteiger partial charge on any atom is -0.346 e. The van der Waals surface area contributed by atoms with Crippen LogP contribution in [0.5, 0.6) is 0 Å². The molecule has 2 nitrogen and oxygen atoms in total. The van der Waals surface area contributed by atoms with Crippen LogP contribution < -0.4 is 5.32 Å². The molecule has 0 aromatic heterocycles. The summed E-state index contributed by atoms with van der Waals surface area (Å²) in [6, 6.07) is 4.35. The molecule has 0 radical (unpaired) electrons. The first-order chi connectivity index (χ1) is 7.93. The molecule has 1 atom stereocenters. The summed E-state index contributed by atoms with van der Waals surface area (Å²) in [5, 5.41) is 2.81. The Morgan fingerprint density at radius 3 is 2.76 bits per heavy atom. The summed E-state index contributed by atoms with van der Waals surface area (Å²) in [6.45, 7) is 3.79. The second-order valence-corrected chi connectivity index (χ2v) is 5.16. The molecule has 0 heterocycles. The minimum atomic E-state index is -0.482. The molecule has 1 N–H and O–H groups in total. The lowest BCUT2D eigenvalue weighted by molar-refractivity contribution is 0.0911. The summed E-state index contributed by atoms with van der Waals surface area (Å²) in [6.07, 6.45) is 0.704. The van der Waals surface area contributed by atoms with Crippen LogP contribution in [0.4, 0.5) is 4.39 Å². The van der Waals surface area contributed by atoms with Crippen molar-refractivity contribution in [1.82, 2.24) is 5.32 Å². The van der Waals surface area contributed by atoms with E-state index in [9.17, 15) is 9.18 Å². The summed E-state index contributed by atoms with van der Waals surface area (Å²) in [5.74, 6) is -0.481. The zero-order valence-corrected chi connectivity index (χ0v) is 12.0. The van der Waals surface area contributed by atoms with Gasteiger partial charge in [-0.1, -0.05) is 13.0 Å². The molecule has 1 unspecified atom stereocenters. The molecule has 1 aromatic carbocycles. The van der Waals surface area contributed by atoms with Crippen LogP contribution in [0.3, 0.4) is 0 Å². The molecule has 5 heteroatoms. The molecule has 1 aromatic rings. The molecule has 94 valence electrons. The first kappa shape index (κ1) is 14.5. The summed E-state index contributed by atoms with van der Waals surface area (Å²) < 4.78 is 13.5. The standard InChI is InChI=1S/C12H14BrClFNO/c1-3-12(2,7-14)16-11(17)8-5-4-6-9(15)10(8)13/h4-6H,3,7H2,1-2H3,(H,16,17). The fraction of sp³-hybridized carbons (Fsp3) is 0.417. The van der Waals surface area contributed by atoms with Crippen molar-refractivity contribution in [3.05, 3.63) is 34.1 Å². The van der Waals surface area contributed by atoms with E-state index in [1.54, 1.807) is 6.07 Å². The average Bonchev–Trinajstić information content (AvgIpc) is 2.32. The fourth-order valence-corrected chi connectivity index (χ4v) is 1.94. The number of alkyl halides is 1. The van der Waals surface area contributed by atoms with Crippen LogP contribution in [0, 0.1) is 5.82 Å². The van der Waals surface area contributed by atoms with Gasteiger partial charge in [0.25, 0.3) is 5.91 Å². The van der Waals surface area contributed by atoms with E-state index in [0.717, 1.165) is 0 Å². The van der Waals surface area contributed by atoms with Gasteiger partial charge in [0.15, 0.2) is 0 Å². The minimum absolute atomic E-state index is 0.172. The lowest BCUT2D eigenvalue weighted by Gasteiger charge is -2.27. The normalized spacial score (nSPS) is 14.2. The van der Waals surface area contributed by atoms with Gasteiger partial charge >= 0.3 is 0 Å². The quantitative estimate of drug-likeness (QED) is 0.841. The molecule has 0 aliphatic heterocycles. The van der Waals surface area contributed by atoms with Crippen molar-refractivity contribution in [2.75, 3.05) is 5.88 Å². The average molecular weight is 323 g/mol. The van der Waals surface area contributed by atoms with Crippen molar-refractivity contribution in [2.45, 2.75) is 25.8 Å². The Labute approximate surface area is 114 Å². The van der Waals surface area contributed by atoms with E-state index in [-0.39, 0.29) is 15.9 Å². The lowest BCUT2D eigenvalue weighted by Crippen LogP contribution is -2.47. The van der Waals surface area contributed by atoms with Gasteiger partial charge in [0, 0.05) is 5.88 Å². The van der Waals surface area contributed by atoms with Gasteiger partial charge in [0.2, 0.25) is 0 Å². The Morgan fingerprint density at radius 1 is 1.59 bits per heavy atom. The van der Waals surface area contributed by atoms with Crippen molar-refractivity contribution >= 4 is 33.4 Å². The third-order valence-electron chi connectivity index (χ3n) is 2.69. The number of carbonyl (C=O) groups excluding carboxylic acids is 1. The summed E-state index contributed by atoms with van der Waals surface area (Å²) in [5.41, 5.74) is -0.209. The Kier molecular flexibility index (Phi) is 4.95. The van der Waals surface area contributed by atoms with Gasteiger partial charge in [-0.25, -0.2) is 4.39 Å². The van der Waals surface area contributed by atoms with Crippen molar-refractivity contribution in [3.8, 4) is 0 Å². The molecule has 0 aliphatic carbocycles. The molecule has 0 aliphatic rings. The van der Waals surface area contributed by atoms with Crippen LogP contribution in [0.25, 0.3) is 0 Å². The molecule has 17 heavy (non-hydrogen) atoms. The van der Waals surface area contributed by atoms with Gasteiger partial charge in [-0.05, 0) is 41.4 Å². The third-order valence-corrected chi connectivity index (χ3v) is 4.08. The highest BCUT2D eigenvalue weighted by atomic mass is 79.9. The Morgan fingerprint density at radius 2 is 2.24 bits per heavy atom. The van der Waals surface area contributed by atoms with E-state index in [1.807, 2.05) is 13.8 Å². The molecule has 0 saturated heterocycles. The Hall–Kier alpha value is -0.610. The number of amides is 1. The number of nitrogens with one attached hydrogen (secondary N) is 1. The maximum absolute atomic E-state index is 13.3. The van der Waals surface area contributed by atoms with E-state index < -0.39 is 11.4 Å². The monoisotopic (exact) mass is 321 g/mol.